The summed E-state index contributed by atoms with van der Waals surface area (Å²) in [6.07, 6.45) is 1.34. The van der Waals surface area contributed by atoms with Crippen LogP contribution in [0.5, 0.6) is 0 Å². The van der Waals surface area contributed by atoms with Crippen molar-refractivity contribution in [3.63, 3.8) is 0 Å². The minimum absolute atomic E-state index is 0.0243. The third-order valence-corrected chi connectivity index (χ3v) is 3.11. The van der Waals surface area contributed by atoms with Gasteiger partial charge in [0.25, 0.3) is 11.5 Å². The second-order valence-corrected chi connectivity index (χ2v) is 4.83. The molecule has 0 radical (unpaired) electrons. The highest BCUT2D eigenvalue weighted by Crippen LogP contribution is 2.09. The summed E-state index contributed by atoms with van der Waals surface area (Å²) in [4.78, 5) is 23.3. The van der Waals surface area contributed by atoms with E-state index in [9.17, 15) is 18.4 Å². The van der Waals surface area contributed by atoms with Crippen LogP contribution < -0.4 is 10.9 Å². The van der Waals surface area contributed by atoms with Crippen LogP contribution in [0.25, 0.3) is 0 Å². The number of carbonyl (C=O) groups is 1. The molecule has 21 heavy (non-hydrogen) atoms. The first kappa shape index (κ1) is 15.2. The van der Waals surface area contributed by atoms with E-state index in [1.54, 1.807) is 0 Å². The monoisotopic (exact) mass is 312 g/mol. The van der Waals surface area contributed by atoms with Gasteiger partial charge < -0.3 is 9.88 Å². The van der Waals surface area contributed by atoms with Gasteiger partial charge in [-0.05, 0) is 23.8 Å². The van der Waals surface area contributed by atoms with Crippen LogP contribution in [0.4, 0.5) is 8.78 Å². The predicted octanol–water partition coefficient (Wildman–Crippen LogP) is 2.25. The van der Waals surface area contributed by atoms with Crippen LogP contribution in [0.1, 0.15) is 15.9 Å². The van der Waals surface area contributed by atoms with Crippen molar-refractivity contribution in [2.45, 2.75) is 6.54 Å². The van der Waals surface area contributed by atoms with E-state index in [0.717, 1.165) is 12.1 Å². The number of nitrogens with zero attached hydrogens (tertiary/aromatic N) is 1. The molecule has 0 aliphatic heterocycles. The largest absolute Gasteiger partial charge is 0.348 e. The molecule has 4 nitrogen and oxygen atoms in total. The summed E-state index contributed by atoms with van der Waals surface area (Å²) < 4.78 is 27.0. The summed E-state index contributed by atoms with van der Waals surface area (Å²) >= 11 is 5.71. The van der Waals surface area contributed by atoms with Crippen molar-refractivity contribution >= 4 is 17.5 Å². The van der Waals surface area contributed by atoms with E-state index in [0.29, 0.717) is 5.56 Å². The van der Waals surface area contributed by atoms with Crippen LogP contribution in [0.2, 0.25) is 5.02 Å². The Morgan fingerprint density at radius 3 is 2.62 bits per heavy atom. The van der Waals surface area contributed by atoms with Gasteiger partial charge in [0.1, 0.15) is 5.02 Å². The van der Waals surface area contributed by atoms with Crippen LogP contribution in [-0.4, -0.2) is 10.5 Å². The Hall–Kier alpha value is -2.21. The van der Waals surface area contributed by atoms with Gasteiger partial charge in [0, 0.05) is 19.8 Å². The minimum Gasteiger partial charge on any atom is -0.348 e. The fourth-order valence-electron chi connectivity index (χ4n) is 1.73. The SMILES string of the molecule is Cn1cc(C(=O)NCc2ccc(F)c(F)c2)cc(Cl)c1=O. The van der Waals surface area contributed by atoms with Crippen molar-refractivity contribution in [1.29, 1.82) is 0 Å². The Balaban J connectivity index is 2.11. The number of halogens is 3. The number of amides is 1. The van der Waals surface area contributed by atoms with Gasteiger partial charge in [-0.25, -0.2) is 8.78 Å². The van der Waals surface area contributed by atoms with Gasteiger partial charge in [-0.15, -0.1) is 0 Å². The number of aromatic nitrogens is 1. The van der Waals surface area contributed by atoms with Gasteiger partial charge in [0.05, 0.1) is 5.56 Å². The third-order valence-electron chi connectivity index (χ3n) is 2.84. The van der Waals surface area contributed by atoms with Gasteiger partial charge in [-0.2, -0.15) is 0 Å². The second kappa shape index (κ2) is 6.05. The molecular formula is C14H11ClF2N2O2. The van der Waals surface area contributed by atoms with Crippen LogP contribution in [0.3, 0.4) is 0 Å². The zero-order valence-corrected chi connectivity index (χ0v) is 11.7. The first-order valence-corrected chi connectivity index (χ1v) is 6.34. The lowest BCUT2D eigenvalue weighted by molar-refractivity contribution is 0.0950. The summed E-state index contributed by atoms with van der Waals surface area (Å²) in [6, 6.07) is 4.61. The molecule has 0 fully saturated rings. The van der Waals surface area contributed by atoms with Crippen molar-refractivity contribution in [2.75, 3.05) is 0 Å². The van der Waals surface area contributed by atoms with Crippen molar-refractivity contribution < 1.29 is 13.6 Å². The molecule has 2 rings (SSSR count). The molecule has 0 unspecified atom stereocenters. The van der Waals surface area contributed by atoms with E-state index < -0.39 is 23.1 Å². The van der Waals surface area contributed by atoms with Gasteiger partial charge in [0.15, 0.2) is 11.6 Å². The van der Waals surface area contributed by atoms with Crippen molar-refractivity contribution in [3.8, 4) is 0 Å². The molecule has 0 saturated carbocycles. The number of carbonyl (C=O) groups excluding carboxylic acids is 1. The molecule has 0 saturated heterocycles. The number of hydrogen-bond donors (Lipinski definition) is 1. The molecule has 2 aromatic rings. The summed E-state index contributed by atoms with van der Waals surface area (Å²) in [5.74, 6) is -2.40. The van der Waals surface area contributed by atoms with Crippen LogP contribution in [0.15, 0.2) is 35.3 Å². The average Bonchev–Trinajstić information content (AvgIpc) is 2.45. The van der Waals surface area contributed by atoms with Crippen molar-refractivity contribution in [2.24, 2.45) is 7.05 Å². The first-order valence-electron chi connectivity index (χ1n) is 5.97. The number of nitrogens with one attached hydrogen (secondary N) is 1. The first-order chi connectivity index (χ1) is 9.88. The molecule has 1 aromatic carbocycles. The Labute approximate surface area is 124 Å². The fourth-order valence-corrected chi connectivity index (χ4v) is 1.98. The minimum atomic E-state index is -0.980. The van der Waals surface area contributed by atoms with Crippen LogP contribution in [0, 0.1) is 11.6 Å². The summed E-state index contributed by atoms with van der Waals surface area (Å²) in [5, 5.41) is 2.46. The van der Waals surface area contributed by atoms with Gasteiger partial charge in [-0.3, -0.25) is 9.59 Å². The van der Waals surface area contributed by atoms with Crippen LogP contribution in [-0.2, 0) is 13.6 Å². The average molecular weight is 313 g/mol. The molecule has 1 heterocycles. The van der Waals surface area contributed by atoms with E-state index in [1.807, 2.05) is 0 Å². The third kappa shape index (κ3) is 3.46. The molecule has 1 amide bonds. The molecule has 1 N–H and O–H groups in total. The number of hydrogen-bond acceptors (Lipinski definition) is 2. The Morgan fingerprint density at radius 1 is 1.29 bits per heavy atom. The number of pyridine rings is 1. The van der Waals surface area contributed by atoms with E-state index in [4.69, 9.17) is 11.6 Å². The zero-order chi connectivity index (χ0) is 15.6. The van der Waals surface area contributed by atoms with E-state index >= 15 is 0 Å². The zero-order valence-electron chi connectivity index (χ0n) is 11.0. The van der Waals surface area contributed by atoms with E-state index in [2.05, 4.69) is 5.32 Å². The molecule has 0 atom stereocenters. The maximum absolute atomic E-state index is 13.0. The lowest BCUT2D eigenvalue weighted by atomic mass is 10.2. The number of benzene rings is 1. The van der Waals surface area contributed by atoms with Gasteiger partial charge in [-0.1, -0.05) is 17.7 Å². The normalized spacial score (nSPS) is 10.5. The summed E-state index contributed by atoms with van der Waals surface area (Å²) in [6.45, 7) is 0.0243. The molecule has 0 aliphatic rings. The number of aryl methyl sites for hydroxylation is 1. The second-order valence-electron chi connectivity index (χ2n) is 4.42. The van der Waals surface area contributed by atoms with E-state index in [-0.39, 0.29) is 17.1 Å². The number of rotatable bonds is 3. The maximum atomic E-state index is 13.0. The molecule has 1 aromatic heterocycles. The Bertz CT molecular complexity index is 733. The van der Waals surface area contributed by atoms with Crippen LogP contribution >= 0.6 is 11.6 Å². The summed E-state index contributed by atoms with van der Waals surface area (Å²) in [7, 11) is 1.47. The highest BCUT2D eigenvalue weighted by molar-refractivity contribution is 6.30. The molecule has 0 spiro atoms. The highest BCUT2D eigenvalue weighted by Gasteiger charge is 2.10. The lowest BCUT2D eigenvalue weighted by Crippen LogP contribution is -2.26. The van der Waals surface area contributed by atoms with Gasteiger partial charge in [0.2, 0.25) is 0 Å². The molecular weight excluding hydrogens is 302 g/mol. The quantitative estimate of drug-likeness (QED) is 0.945. The summed E-state index contributed by atoms with van der Waals surface area (Å²) in [5.41, 5.74) is 0.205. The maximum Gasteiger partial charge on any atom is 0.269 e. The smallest absolute Gasteiger partial charge is 0.269 e. The Morgan fingerprint density at radius 2 is 2.00 bits per heavy atom. The molecule has 7 heteroatoms. The topological polar surface area (TPSA) is 51.1 Å². The van der Waals surface area contributed by atoms with Crippen molar-refractivity contribution in [1.82, 2.24) is 9.88 Å². The van der Waals surface area contributed by atoms with E-state index in [1.165, 1.54) is 29.9 Å². The standard InChI is InChI=1S/C14H11ClF2N2O2/c1-19-7-9(5-10(15)14(19)21)13(20)18-6-8-2-3-11(16)12(17)4-8/h2-5,7H,6H2,1H3,(H,18,20). The highest BCUT2D eigenvalue weighted by atomic mass is 35.5. The molecule has 110 valence electrons. The lowest BCUT2D eigenvalue weighted by Gasteiger charge is -2.07. The molecule has 0 bridgehead atoms. The Kier molecular flexibility index (Phi) is 4.37. The predicted molar refractivity (Wildman–Crippen MR) is 74.2 cm³/mol. The molecule has 0 aliphatic carbocycles. The van der Waals surface area contributed by atoms with Gasteiger partial charge >= 0.3 is 0 Å². The van der Waals surface area contributed by atoms with Crippen molar-refractivity contribution in [3.05, 3.63) is 68.6 Å². The fraction of sp³-hybridized carbons (Fsp3) is 0.143.